The summed E-state index contributed by atoms with van der Waals surface area (Å²) in [5, 5.41) is 0. The average molecular weight is 278 g/mol. The molecule has 1 atom stereocenters. The quantitative estimate of drug-likeness (QED) is 0.790. The molecular weight excluding hydrogens is 260 g/mol. The van der Waals surface area contributed by atoms with Gasteiger partial charge in [0.25, 0.3) is 0 Å². The Bertz CT molecular complexity index is 460. The van der Waals surface area contributed by atoms with E-state index in [-0.39, 0.29) is 12.7 Å². The molecule has 0 N–H and O–H groups in total. The number of carbonyl (C=O) groups is 2. The van der Waals surface area contributed by atoms with Crippen molar-refractivity contribution in [3.05, 3.63) is 35.4 Å². The monoisotopic (exact) mass is 278 g/mol. The number of carbonyl (C=O) groups excluding carboxylic acids is 2. The summed E-state index contributed by atoms with van der Waals surface area (Å²) >= 11 is 0. The Morgan fingerprint density at radius 2 is 1.80 bits per heavy atom. The first-order valence-corrected chi connectivity index (χ1v) is 6.68. The van der Waals surface area contributed by atoms with Gasteiger partial charge in [0.05, 0.1) is 24.3 Å². The lowest BCUT2D eigenvalue weighted by molar-refractivity contribution is -0.0300. The van der Waals surface area contributed by atoms with Crippen molar-refractivity contribution in [1.29, 1.82) is 0 Å². The zero-order valence-corrected chi connectivity index (χ0v) is 11.5. The zero-order valence-electron chi connectivity index (χ0n) is 11.5. The van der Waals surface area contributed by atoms with E-state index < -0.39 is 11.9 Å². The van der Waals surface area contributed by atoms with Gasteiger partial charge in [-0.2, -0.15) is 0 Å². The molecule has 108 valence electrons. The Morgan fingerprint density at radius 3 is 2.35 bits per heavy atom. The number of hydrogen-bond donors (Lipinski definition) is 0. The SMILES string of the molecule is COC(=O)c1ccc(C(=O)OCC2CCCCO2)cc1. The summed E-state index contributed by atoms with van der Waals surface area (Å²) in [4.78, 5) is 23.1. The van der Waals surface area contributed by atoms with Crippen LogP contribution < -0.4 is 0 Å². The molecule has 0 aliphatic carbocycles. The summed E-state index contributed by atoms with van der Waals surface area (Å²) < 4.78 is 15.3. The summed E-state index contributed by atoms with van der Waals surface area (Å²) in [6.07, 6.45) is 3.10. The van der Waals surface area contributed by atoms with E-state index in [9.17, 15) is 9.59 Å². The standard InChI is InChI=1S/C15H18O5/c1-18-14(16)11-5-7-12(8-6-11)15(17)20-10-13-4-2-3-9-19-13/h5-8,13H,2-4,9-10H2,1H3. The minimum atomic E-state index is -0.430. The lowest BCUT2D eigenvalue weighted by Crippen LogP contribution is -2.25. The van der Waals surface area contributed by atoms with E-state index in [0.717, 1.165) is 25.9 Å². The van der Waals surface area contributed by atoms with Crippen molar-refractivity contribution in [3.8, 4) is 0 Å². The van der Waals surface area contributed by atoms with Crippen LogP contribution in [0.2, 0.25) is 0 Å². The van der Waals surface area contributed by atoms with Crippen LogP contribution in [0.15, 0.2) is 24.3 Å². The van der Waals surface area contributed by atoms with Gasteiger partial charge in [-0.15, -0.1) is 0 Å². The molecule has 1 aromatic carbocycles. The smallest absolute Gasteiger partial charge is 0.338 e. The lowest BCUT2D eigenvalue weighted by atomic mass is 10.1. The van der Waals surface area contributed by atoms with Crippen LogP contribution in [-0.2, 0) is 14.2 Å². The fourth-order valence-electron chi connectivity index (χ4n) is 2.05. The third-order valence-electron chi connectivity index (χ3n) is 3.22. The predicted octanol–water partition coefficient (Wildman–Crippen LogP) is 2.20. The number of rotatable bonds is 4. The Hall–Kier alpha value is -1.88. The molecular formula is C15H18O5. The minimum absolute atomic E-state index is 0.00189. The Morgan fingerprint density at radius 1 is 1.15 bits per heavy atom. The first-order valence-electron chi connectivity index (χ1n) is 6.68. The van der Waals surface area contributed by atoms with E-state index in [0.29, 0.717) is 11.1 Å². The highest BCUT2D eigenvalue weighted by Gasteiger charge is 2.17. The van der Waals surface area contributed by atoms with E-state index >= 15 is 0 Å². The largest absolute Gasteiger partial charge is 0.465 e. The molecule has 1 saturated heterocycles. The van der Waals surface area contributed by atoms with Gasteiger partial charge in [-0.05, 0) is 43.5 Å². The second-order valence-corrected chi connectivity index (χ2v) is 4.66. The van der Waals surface area contributed by atoms with Crippen LogP contribution in [0.25, 0.3) is 0 Å². The summed E-state index contributed by atoms with van der Waals surface area (Å²) in [6, 6.07) is 6.19. The van der Waals surface area contributed by atoms with Crippen LogP contribution in [0.3, 0.4) is 0 Å². The Kier molecular flexibility index (Phi) is 5.12. The van der Waals surface area contributed by atoms with Crippen LogP contribution in [0.1, 0.15) is 40.0 Å². The normalized spacial score (nSPS) is 18.4. The number of hydrogen-bond acceptors (Lipinski definition) is 5. The number of ether oxygens (including phenoxy) is 3. The average Bonchev–Trinajstić information content (AvgIpc) is 2.53. The van der Waals surface area contributed by atoms with Gasteiger partial charge in [-0.3, -0.25) is 0 Å². The fraction of sp³-hybridized carbons (Fsp3) is 0.467. The van der Waals surface area contributed by atoms with Crippen LogP contribution in [-0.4, -0.2) is 38.4 Å². The molecule has 1 aliphatic rings. The molecule has 0 amide bonds. The number of methoxy groups -OCH3 is 1. The second kappa shape index (κ2) is 7.05. The topological polar surface area (TPSA) is 61.8 Å². The van der Waals surface area contributed by atoms with E-state index in [2.05, 4.69) is 4.74 Å². The minimum Gasteiger partial charge on any atom is -0.465 e. The van der Waals surface area contributed by atoms with Gasteiger partial charge in [0.1, 0.15) is 6.61 Å². The van der Waals surface area contributed by atoms with Crippen LogP contribution in [0, 0.1) is 0 Å². The number of benzene rings is 1. The van der Waals surface area contributed by atoms with Crippen molar-refractivity contribution < 1.29 is 23.8 Å². The first-order chi connectivity index (χ1) is 9.70. The second-order valence-electron chi connectivity index (χ2n) is 4.66. The molecule has 0 spiro atoms. The zero-order chi connectivity index (χ0) is 14.4. The lowest BCUT2D eigenvalue weighted by Gasteiger charge is -2.22. The third kappa shape index (κ3) is 3.81. The summed E-state index contributed by atoms with van der Waals surface area (Å²) in [5.74, 6) is -0.837. The highest BCUT2D eigenvalue weighted by Crippen LogP contribution is 2.14. The molecule has 0 bridgehead atoms. The molecule has 0 aromatic heterocycles. The van der Waals surface area contributed by atoms with Gasteiger partial charge in [0, 0.05) is 6.61 Å². The van der Waals surface area contributed by atoms with Gasteiger partial charge in [-0.1, -0.05) is 0 Å². The molecule has 0 saturated carbocycles. The highest BCUT2D eigenvalue weighted by molar-refractivity contribution is 5.93. The highest BCUT2D eigenvalue weighted by atomic mass is 16.6. The molecule has 1 fully saturated rings. The van der Waals surface area contributed by atoms with E-state index in [4.69, 9.17) is 9.47 Å². The Balaban J connectivity index is 1.87. The summed E-state index contributed by atoms with van der Waals surface area (Å²) in [5.41, 5.74) is 0.813. The fourth-order valence-corrected chi connectivity index (χ4v) is 2.05. The van der Waals surface area contributed by atoms with Gasteiger partial charge in [0.2, 0.25) is 0 Å². The van der Waals surface area contributed by atoms with Crippen LogP contribution in [0.5, 0.6) is 0 Å². The maximum absolute atomic E-state index is 11.8. The Labute approximate surface area is 117 Å². The van der Waals surface area contributed by atoms with Gasteiger partial charge >= 0.3 is 11.9 Å². The van der Waals surface area contributed by atoms with Crippen LogP contribution >= 0.6 is 0 Å². The molecule has 0 radical (unpaired) electrons. The molecule has 2 rings (SSSR count). The maximum atomic E-state index is 11.8. The summed E-state index contributed by atoms with van der Waals surface area (Å²) in [7, 11) is 1.31. The predicted molar refractivity (Wildman–Crippen MR) is 71.7 cm³/mol. The van der Waals surface area contributed by atoms with Gasteiger partial charge < -0.3 is 14.2 Å². The number of esters is 2. The van der Waals surface area contributed by atoms with E-state index in [1.807, 2.05) is 0 Å². The summed E-state index contributed by atoms with van der Waals surface area (Å²) in [6.45, 7) is 1.01. The van der Waals surface area contributed by atoms with Crippen LogP contribution in [0.4, 0.5) is 0 Å². The molecule has 1 aromatic rings. The third-order valence-corrected chi connectivity index (χ3v) is 3.22. The van der Waals surface area contributed by atoms with Crippen molar-refractivity contribution in [2.75, 3.05) is 20.3 Å². The molecule has 20 heavy (non-hydrogen) atoms. The molecule has 1 unspecified atom stereocenters. The maximum Gasteiger partial charge on any atom is 0.338 e. The van der Waals surface area contributed by atoms with Gasteiger partial charge in [-0.25, -0.2) is 9.59 Å². The van der Waals surface area contributed by atoms with Crippen molar-refractivity contribution in [2.24, 2.45) is 0 Å². The van der Waals surface area contributed by atoms with Crippen molar-refractivity contribution >= 4 is 11.9 Å². The van der Waals surface area contributed by atoms with Crippen molar-refractivity contribution in [2.45, 2.75) is 25.4 Å². The molecule has 5 nitrogen and oxygen atoms in total. The van der Waals surface area contributed by atoms with Crippen molar-refractivity contribution in [1.82, 2.24) is 0 Å². The van der Waals surface area contributed by atoms with E-state index in [1.54, 1.807) is 24.3 Å². The van der Waals surface area contributed by atoms with Crippen molar-refractivity contribution in [3.63, 3.8) is 0 Å². The molecule has 5 heteroatoms. The molecule has 1 aliphatic heterocycles. The first kappa shape index (κ1) is 14.5. The van der Waals surface area contributed by atoms with E-state index in [1.165, 1.54) is 7.11 Å². The van der Waals surface area contributed by atoms with Gasteiger partial charge in [0.15, 0.2) is 0 Å². The molecule has 1 heterocycles.